The van der Waals surface area contributed by atoms with Gasteiger partial charge in [-0.2, -0.15) is 8.75 Å². The Morgan fingerprint density at radius 3 is 2.75 bits per heavy atom. The molecule has 0 aliphatic rings. The van der Waals surface area contributed by atoms with Crippen molar-refractivity contribution in [2.45, 2.75) is 6.54 Å². The van der Waals surface area contributed by atoms with Gasteiger partial charge in [0.25, 0.3) is 0 Å². The Bertz CT molecular complexity index is 488. The summed E-state index contributed by atoms with van der Waals surface area (Å²) in [5, 5.41) is 0.458. The van der Waals surface area contributed by atoms with Crippen molar-refractivity contribution in [2.24, 2.45) is 0 Å². The van der Waals surface area contributed by atoms with Gasteiger partial charge in [-0.05, 0) is 11.6 Å². The monoisotopic (exact) mass is 317 g/mol. The largest absolute Gasteiger partial charge is 0.352 e. The van der Waals surface area contributed by atoms with Gasteiger partial charge in [0, 0.05) is 18.1 Å². The Labute approximate surface area is 112 Å². The molecule has 0 aliphatic carbocycles. The minimum Gasteiger partial charge on any atom is -0.352 e. The maximum atomic E-state index is 5.92. The van der Waals surface area contributed by atoms with Crippen molar-refractivity contribution >= 4 is 45.1 Å². The molecular formula is C10H9BrClN3S. The van der Waals surface area contributed by atoms with E-state index in [2.05, 4.69) is 30.7 Å². The molecule has 84 valence electrons. The molecule has 0 fully saturated rings. The highest BCUT2D eigenvalue weighted by atomic mass is 79.9. The van der Waals surface area contributed by atoms with Crippen molar-refractivity contribution in [1.82, 2.24) is 8.75 Å². The van der Waals surface area contributed by atoms with Gasteiger partial charge in [-0.3, -0.25) is 0 Å². The van der Waals surface area contributed by atoms with Crippen LogP contribution in [0.3, 0.4) is 0 Å². The zero-order valence-electron chi connectivity index (χ0n) is 8.52. The van der Waals surface area contributed by atoms with Crippen LogP contribution in [-0.2, 0) is 6.54 Å². The number of benzene rings is 1. The maximum absolute atomic E-state index is 5.92. The van der Waals surface area contributed by atoms with Crippen LogP contribution in [0.2, 0.25) is 5.15 Å². The van der Waals surface area contributed by atoms with E-state index < -0.39 is 0 Å². The molecular weight excluding hydrogens is 310 g/mol. The predicted octanol–water partition coefficient (Wildman–Crippen LogP) is 3.59. The Morgan fingerprint density at radius 1 is 1.38 bits per heavy atom. The summed E-state index contributed by atoms with van der Waals surface area (Å²) >= 11 is 10.6. The zero-order valence-corrected chi connectivity index (χ0v) is 11.7. The molecule has 0 bridgehead atoms. The highest BCUT2D eigenvalue weighted by molar-refractivity contribution is 9.10. The third-order valence-corrected chi connectivity index (χ3v) is 3.81. The van der Waals surface area contributed by atoms with Crippen molar-refractivity contribution in [3.63, 3.8) is 0 Å². The van der Waals surface area contributed by atoms with Crippen molar-refractivity contribution in [3.05, 3.63) is 39.5 Å². The fourth-order valence-corrected chi connectivity index (χ4v) is 2.59. The lowest BCUT2D eigenvalue weighted by Crippen LogP contribution is -2.17. The number of anilines is 1. The molecule has 1 aromatic heterocycles. The molecule has 6 heteroatoms. The lowest BCUT2D eigenvalue weighted by Gasteiger charge is -2.16. The molecule has 0 saturated heterocycles. The lowest BCUT2D eigenvalue weighted by molar-refractivity contribution is 0.904. The van der Waals surface area contributed by atoms with E-state index >= 15 is 0 Å². The first kappa shape index (κ1) is 11.8. The number of aromatic nitrogens is 2. The summed E-state index contributed by atoms with van der Waals surface area (Å²) < 4.78 is 9.18. The average Bonchev–Trinajstić information content (AvgIpc) is 2.68. The summed E-state index contributed by atoms with van der Waals surface area (Å²) in [6, 6.07) is 8.08. The summed E-state index contributed by atoms with van der Waals surface area (Å²) in [5.41, 5.74) is 1.19. The van der Waals surface area contributed by atoms with Gasteiger partial charge in [0.05, 0.1) is 11.7 Å². The normalized spacial score (nSPS) is 10.4. The number of nitrogens with zero attached hydrogens (tertiary/aromatic N) is 3. The van der Waals surface area contributed by atoms with E-state index in [9.17, 15) is 0 Å². The van der Waals surface area contributed by atoms with Crippen LogP contribution in [-0.4, -0.2) is 15.8 Å². The molecule has 0 atom stereocenters. The summed E-state index contributed by atoms with van der Waals surface area (Å²) in [7, 11) is 1.95. The average molecular weight is 319 g/mol. The van der Waals surface area contributed by atoms with Crippen LogP contribution in [0.5, 0.6) is 0 Å². The smallest absolute Gasteiger partial charge is 0.187 e. The standard InChI is InChI=1S/C10H9BrClN3S/c1-15(10-9(12)13-16-14-10)6-7-4-2-3-5-8(7)11/h2-5H,6H2,1H3. The molecule has 0 radical (unpaired) electrons. The fraction of sp³-hybridized carbons (Fsp3) is 0.200. The molecule has 16 heavy (non-hydrogen) atoms. The highest BCUT2D eigenvalue weighted by Crippen LogP contribution is 2.25. The van der Waals surface area contributed by atoms with Gasteiger partial charge in [-0.1, -0.05) is 45.7 Å². The minimum absolute atomic E-state index is 0.458. The molecule has 2 aromatic rings. The van der Waals surface area contributed by atoms with Crippen molar-refractivity contribution < 1.29 is 0 Å². The second-order valence-corrected chi connectivity index (χ2v) is 5.07. The van der Waals surface area contributed by atoms with Crippen molar-refractivity contribution in [1.29, 1.82) is 0 Å². The molecule has 0 N–H and O–H groups in total. The van der Waals surface area contributed by atoms with Gasteiger partial charge in [0.2, 0.25) is 0 Å². The van der Waals surface area contributed by atoms with Gasteiger partial charge in [-0.25, -0.2) is 0 Å². The highest BCUT2D eigenvalue weighted by Gasteiger charge is 2.11. The predicted molar refractivity (Wildman–Crippen MR) is 71.2 cm³/mol. The quantitative estimate of drug-likeness (QED) is 0.866. The van der Waals surface area contributed by atoms with E-state index in [0.717, 1.165) is 28.6 Å². The van der Waals surface area contributed by atoms with Crippen molar-refractivity contribution in [3.8, 4) is 0 Å². The molecule has 0 amide bonds. The Hall–Kier alpha value is -0.650. The van der Waals surface area contributed by atoms with Crippen LogP contribution in [0, 0.1) is 0 Å². The molecule has 2 rings (SSSR count). The van der Waals surface area contributed by atoms with E-state index in [0.29, 0.717) is 5.15 Å². The topological polar surface area (TPSA) is 29.0 Å². The summed E-state index contributed by atoms with van der Waals surface area (Å²) in [6.07, 6.45) is 0. The van der Waals surface area contributed by atoms with Crippen LogP contribution < -0.4 is 4.90 Å². The first-order chi connectivity index (χ1) is 7.68. The molecule has 0 aliphatic heterocycles. The van der Waals surface area contributed by atoms with Gasteiger partial charge < -0.3 is 4.90 Å². The van der Waals surface area contributed by atoms with Crippen LogP contribution in [0.1, 0.15) is 5.56 Å². The Morgan fingerprint density at radius 2 is 2.12 bits per heavy atom. The third-order valence-electron chi connectivity index (χ3n) is 2.16. The van der Waals surface area contributed by atoms with E-state index in [1.54, 1.807) is 0 Å². The first-order valence-electron chi connectivity index (χ1n) is 4.61. The SMILES string of the molecule is CN(Cc1ccccc1Br)c1nsnc1Cl. The van der Waals surface area contributed by atoms with Gasteiger partial charge in [0.15, 0.2) is 11.0 Å². The molecule has 1 aromatic carbocycles. The van der Waals surface area contributed by atoms with Crippen LogP contribution >= 0.6 is 39.3 Å². The number of hydrogen-bond donors (Lipinski definition) is 0. The summed E-state index contributed by atoms with van der Waals surface area (Å²) in [5.74, 6) is 0.724. The number of rotatable bonds is 3. The summed E-state index contributed by atoms with van der Waals surface area (Å²) in [4.78, 5) is 1.98. The van der Waals surface area contributed by atoms with Gasteiger partial charge in [0.1, 0.15) is 0 Å². The van der Waals surface area contributed by atoms with Crippen molar-refractivity contribution in [2.75, 3.05) is 11.9 Å². The molecule has 1 heterocycles. The molecule has 3 nitrogen and oxygen atoms in total. The molecule has 0 unspecified atom stereocenters. The van der Waals surface area contributed by atoms with Crippen LogP contribution in [0.4, 0.5) is 5.82 Å². The number of hydrogen-bond acceptors (Lipinski definition) is 4. The summed E-state index contributed by atoms with van der Waals surface area (Å²) in [6.45, 7) is 0.743. The second-order valence-electron chi connectivity index (χ2n) is 3.33. The minimum atomic E-state index is 0.458. The van der Waals surface area contributed by atoms with Gasteiger partial charge in [-0.15, -0.1) is 0 Å². The van der Waals surface area contributed by atoms with E-state index in [4.69, 9.17) is 11.6 Å². The maximum Gasteiger partial charge on any atom is 0.187 e. The van der Waals surface area contributed by atoms with Crippen LogP contribution in [0.15, 0.2) is 28.7 Å². The van der Waals surface area contributed by atoms with E-state index in [1.165, 1.54) is 5.56 Å². The fourth-order valence-electron chi connectivity index (χ4n) is 1.36. The second kappa shape index (κ2) is 5.12. The van der Waals surface area contributed by atoms with Crippen LogP contribution in [0.25, 0.3) is 0 Å². The van der Waals surface area contributed by atoms with E-state index in [-0.39, 0.29) is 0 Å². The Balaban J connectivity index is 2.17. The first-order valence-corrected chi connectivity index (χ1v) is 6.51. The molecule has 0 spiro atoms. The lowest BCUT2D eigenvalue weighted by atomic mass is 10.2. The molecule has 0 saturated carbocycles. The zero-order chi connectivity index (χ0) is 11.5. The number of halogens is 2. The van der Waals surface area contributed by atoms with E-state index in [1.807, 2.05) is 30.1 Å². The van der Waals surface area contributed by atoms with Gasteiger partial charge >= 0.3 is 0 Å². The third kappa shape index (κ3) is 2.53. The Kier molecular flexibility index (Phi) is 3.78.